The summed E-state index contributed by atoms with van der Waals surface area (Å²) < 4.78 is 13.2. The molecule has 2 aromatic carbocycles. The van der Waals surface area contributed by atoms with E-state index in [-0.39, 0.29) is 16.9 Å². The van der Waals surface area contributed by atoms with Crippen molar-refractivity contribution in [2.24, 2.45) is 17.3 Å². The monoisotopic (exact) mass is 405 g/mol. The van der Waals surface area contributed by atoms with Gasteiger partial charge in [-0.3, -0.25) is 9.48 Å². The molecule has 0 bridgehead atoms. The summed E-state index contributed by atoms with van der Waals surface area (Å²) in [6.45, 7) is 1.76. The average molecular weight is 405 g/mol. The molecule has 0 saturated carbocycles. The summed E-state index contributed by atoms with van der Waals surface area (Å²) in [7, 11) is 3.33. The van der Waals surface area contributed by atoms with Gasteiger partial charge in [0.15, 0.2) is 11.4 Å². The van der Waals surface area contributed by atoms with Gasteiger partial charge in [-0.2, -0.15) is 0 Å². The van der Waals surface area contributed by atoms with E-state index >= 15 is 0 Å². The highest BCUT2D eigenvalue weighted by molar-refractivity contribution is 5.71. The topological polar surface area (TPSA) is 107 Å². The summed E-state index contributed by atoms with van der Waals surface area (Å²) >= 11 is 0. The Morgan fingerprint density at radius 1 is 0.967 bits per heavy atom. The van der Waals surface area contributed by atoms with Gasteiger partial charge in [0.25, 0.3) is 5.56 Å². The van der Waals surface area contributed by atoms with Crippen LogP contribution in [0.3, 0.4) is 0 Å². The lowest BCUT2D eigenvalue weighted by atomic mass is 10.1. The number of rotatable bonds is 5. The maximum Gasteiger partial charge on any atom is 0.385 e. The van der Waals surface area contributed by atoms with E-state index in [0.717, 1.165) is 0 Å². The van der Waals surface area contributed by atoms with E-state index in [2.05, 4.69) is 15.4 Å². The van der Waals surface area contributed by atoms with Crippen LogP contribution in [-0.4, -0.2) is 21.6 Å². The number of hydrogen-bond acceptors (Lipinski definition) is 6. The highest BCUT2D eigenvalue weighted by Gasteiger charge is 2.18. The minimum atomic E-state index is -0.679. The first-order valence-corrected chi connectivity index (χ1v) is 9.13. The lowest BCUT2D eigenvalue weighted by molar-refractivity contribution is 0.394. The fourth-order valence-corrected chi connectivity index (χ4v) is 3.11. The molecule has 0 aliphatic rings. The SMILES string of the molecule is COc1ccc(-c2[nH]oc(=O)c2N=Nc2c(C)n(C)n(-c3ccccc3)c2=O)cc1. The van der Waals surface area contributed by atoms with Crippen LogP contribution in [0.25, 0.3) is 16.9 Å². The minimum Gasteiger partial charge on any atom is -0.497 e. The van der Waals surface area contributed by atoms with Gasteiger partial charge in [-0.1, -0.05) is 18.2 Å². The molecule has 0 radical (unpaired) electrons. The number of para-hydroxylation sites is 1. The molecule has 1 N–H and O–H groups in total. The zero-order valence-corrected chi connectivity index (χ0v) is 16.6. The number of benzene rings is 2. The average Bonchev–Trinajstić information content (AvgIpc) is 3.24. The molecule has 0 unspecified atom stereocenters. The van der Waals surface area contributed by atoms with Crippen LogP contribution >= 0.6 is 0 Å². The predicted octanol–water partition coefficient (Wildman–Crippen LogP) is 3.86. The highest BCUT2D eigenvalue weighted by atomic mass is 16.5. The molecule has 0 saturated heterocycles. The van der Waals surface area contributed by atoms with Gasteiger partial charge < -0.3 is 9.26 Å². The van der Waals surface area contributed by atoms with Crippen molar-refractivity contribution in [1.29, 1.82) is 0 Å². The van der Waals surface area contributed by atoms with E-state index < -0.39 is 5.63 Å². The predicted molar refractivity (Wildman–Crippen MR) is 111 cm³/mol. The molecule has 152 valence electrons. The van der Waals surface area contributed by atoms with Gasteiger partial charge >= 0.3 is 5.63 Å². The number of methoxy groups -OCH3 is 1. The van der Waals surface area contributed by atoms with Crippen molar-refractivity contribution in [3.05, 3.63) is 81.1 Å². The zero-order chi connectivity index (χ0) is 21.3. The fraction of sp³-hybridized carbons (Fsp3) is 0.143. The molecule has 9 nitrogen and oxygen atoms in total. The van der Waals surface area contributed by atoms with Crippen LogP contribution in [0.15, 0.2) is 78.9 Å². The molecule has 4 rings (SSSR count). The molecular formula is C21H19N5O4. The molecule has 2 heterocycles. The van der Waals surface area contributed by atoms with Crippen LogP contribution in [0.2, 0.25) is 0 Å². The Hall–Kier alpha value is -4.14. The Balaban J connectivity index is 1.76. The lowest BCUT2D eigenvalue weighted by Gasteiger charge is -2.07. The van der Waals surface area contributed by atoms with Gasteiger partial charge in [-0.15, -0.1) is 10.2 Å². The van der Waals surface area contributed by atoms with Gasteiger partial charge in [0.05, 0.1) is 18.5 Å². The Morgan fingerprint density at radius 2 is 1.63 bits per heavy atom. The lowest BCUT2D eigenvalue weighted by Crippen LogP contribution is -2.19. The maximum absolute atomic E-state index is 12.9. The molecule has 0 fully saturated rings. The number of ether oxygens (including phenoxy) is 1. The number of aromatic amines is 1. The van der Waals surface area contributed by atoms with Gasteiger partial charge in [-0.25, -0.2) is 14.6 Å². The van der Waals surface area contributed by atoms with E-state index in [1.165, 1.54) is 4.68 Å². The van der Waals surface area contributed by atoms with Crippen molar-refractivity contribution in [2.45, 2.75) is 6.92 Å². The summed E-state index contributed by atoms with van der Waals surface area (Å²) in [5.74, 6) is 0.675. The normalized spacial score (nSPS) is 11.3. The first-order chi connectivity index (χ1) is 14.5. The smallest absolute Gasteiger partial charge is 0.385 e. The van der Waals surface area contributed by atoms with E-state index in [1.54, 1.807) is 50.0 Å². The Morgan fingerprint density at radius 3 is 2.30 bits per heavy atom. The fourth-order valence-electron chi connectivity index (χ4n) is 3.11. The third-order valence-corrected chi connectivity index (χ3v) is 4.83. The Labute approximate surface area is 170 Å². The quantitative estimate of drug-likeness (QED) is 0.509. The standard InChI is InChI=1S/C21H19N5O4/c1-13-17(20(27)26(25(13)2)15-7-5-4-6-8-15)22-23-19-18(24-30-21(19)28)14-9-11-16(29-3)12-10-14/h4-12,24H,1-3H3. The summed E-state index contributed by atoms with van der Waals surface area (Å²) in [4.78, 5) is 25.1. The van der Waals surface area contributed by atoms with E-state index in [1.807, 2.05) is 30.3 Å². The summed E-state index contributed by atoms with van der Waals surface area (Å²) in [5, 5.41) is 10.7. The molecule has 0 atom stereocenters. The number of nitrogens with zero attached hydrogens (tertiary/aromatic N) is 4. The third kappa shape index (κ3) is 3.26. The molecular weight excluding hydrogens is 386 g/mol. The van der Waals surface area contributed by atoms with E-state index in [0.29, 0.717) is 28.4 Å². The van der Waals surface area contributed by atoms with Crippen molar-refractivity contribution in [3.63, 3.8) is 0 Å². The molecule has 30 heavy (non-hydrogen) atoms. The number of hydrogen-bond donors (Lipinski definition) is 1. The number of nitrogens with one attached hydrogen (secondary N) is 1. The van der Waals surface area contributed by atoms with Crippen molar-refractivity contribution in [3.8, 4) is 22.7 Å². The van der Waals surface area contributed by atoms with E-state index in [9.17, 15) is 9.59 Å². The van der Waals surface area contributed by atoms with Crippen LogP contribution in [0, 0.1) is 6.92 Å². The Bertz CT molecular complexity index is 1320. The second kappa shape index (κ2) is 7.70. The summed E-state index contributed by atoms with van der Waals surface area (Å²) in [6, 6.07) is 16.2. The second-order valence-electron chi connectivity index (χ2n) is 6.55. The van der Waals surface area contributed by atoms with Gasteiger partial charge in [0.1, 0.15) is 11.4 Å². The van der Waals surface area contributed by atoms with Crippen molar-refractivity contribution >= 4 is 11.4 Å². The molecule has 2 aromatic heterocycles. The molecule has 0 aliphatic carbocycles. The number of aromatic nitrogens is 3. The molecule has 4 aromatic rings. The van der Waals surface area contributed by atoms with Gasteiger partial charge in [0.2, 0.25) is 0 Å². The summed E-state index contributed by atoms with van der Waals surface area (Å²) in [5.41, 5.74) is 1.45. The molecule has 0 aliphatic heterocycles. The van der Waals surface area contributed by atoms with Crippen LogP contribution in [0.5, 0.6) is 5.75 Å². The maximum atomic E-state index is 12.9. The van der Waals surface area contributed by atoms with Crippen LogP contribution in [0.1, 0.15) is 5.69 Å². The van der Waals surface area contributed by atoms with Gasteiger partial charge in [0, 0.05) is 12.6 Å². The number of H-pyrrole nitrogens is 1. The first kappa shape index (κ1) is 19.2. The minimum absolute atomic E-state index is 0.0194. The zero-order valence-electron chi connectivity index (χ0n) is 16.6. The van der Waals surface area contributed by atoms with Crippen LogP contribution in [-0.2, 0) is 7.05 Å². The van der Waals surface area contributed by atoms with Gasteiger partial charge in [-0.05, 0) is 43.3 Å². The van der Waals surface area contributed by atoms with Crippen molar-refractivity contribution in [1.82, 2.24) is 14.5 Å². The first-order valence-electron chi connectivity index (χ1n) is 9.13. The van der Waals surface area contributed by atoms with Crippen LogP contribution < -0.4 is 15.9 Å². The summed E-state index contributed by atoms with van der Waals surface area (Å²) in [6.07, 6.45) is 0. The second-order valence-corrected chi connectivity index (χ2v) is 6.55. The van der Waals surface area contributed by atoms with Crippen molar-refractivity contribution in [2.75, 3.05) is 7.11 Å². The van der Waals surface area contributed by atoms with Crippen molar-refractivity contribution < 1.29 is 9.26 Å². The highest BCUT2D eigenvalue weighted by Crippen LogP contribution is 2.28. The van der Waals surface area contributed by atoms with Crippen LogP contribution in [0.4, 0.5) is 11.4 Å². The van der Waals surface area contributed by atoms with E-state index in [4.69, 9.17) is 9.26 Å². The Kier molecular flexibility index (Phi) is 4.93. The number of azo groups is 1. The molecule has 0 spiro atoms. The molecule has 0 amide bonds. The third-order valence-electron chi connectivity index (χ3n) is 4.83. The molecule has 9 heteroatoms. The largest absolute Gasteiger partial charge is 0.497 e.